The number of nitrogens with zero attached hydrogens (tertiary/aromatic N) is 1. The Bertz CT molecular complexity index is 890. The van der Waals surface area contributed by atoms with E-state index in [1.165, 1.54) is 4.90 Å². The van der Waals surface area contributed by atoms with Gasteiger partial charge in [0.2, 0.25) is 5.91 Å². The molecular formula is C23H29N3O4. The van der Waals surface area contributed by atoms with E-state index >= 15 is 0 Å². The molecule has 7 nitrogen and oxygen atoms in total. The molecule has 2 aromatic rings. The summed E-state index contributed by atoms with van der Waals surface area (Å²) in [7, 11) is 3.31. The second-order valence-electron chi connectivity index (χ2n) is 7.75. The van der Waals surface area contributed by atoms with Gasteiger partial charge in [0.25, 0.3) is 0 Å². The molecule has 30 heavy (non-hydrogen) atoms. The first-order valence-electron chi connectivity index (χ1n) is 10.2. The highest BCUT2D eigenvalue weighted by Gasteiger charge is 2.26. The van der Waals surface area contributed by atoms with Gasteiger partial charge in [-0.25, -0.2) is 4.79 Å². The minimum atomic E-state index is -0.864. The first kappa shape index (κ1) is 21.6. The molecule has 3 rings (SSSR count). The smallest absolute Gasteiger partial charge is 0.407 e. The summed E-state index contributed by atoms with van der Waals surface area (Å²) in [4.78, 5) is 23.8. The number of amides is 2. The minimum Gasteiger partial charge on any atom is -0.496 e. The Morgan fingerprint density at radius 3 is 2.30 bits per heavy atom. The highest BCUT2D eigenvalue weighted by atomic mass is 16.5. The van der Waals surface area contributed by atoms with Crippen LogP contribution in [0.4, 0.5) is 4.79 Å². The molecule has 1 aliphatic carbocycles. The number of carbonyl (C=O) groups excluding carboxylic acids is 1. The predicted octanol–water partition coefficient (Wildman–Crippen LogP) is 3.47. The van der Waals surface area contributed by atoms with Crippen LogP contribution in [0.15, 0.2) is 42.5 Å². The molecule has 0 unspecified atom stereocenters. The van der Waals surface area contributed by atoms with Gasteiger partial charge in [0.15, 0.2) is 0 Å². The molecule has 0 aromatic heterocycles. The summed E-state index contributed by atoms with van der Waals surface area (Å²) < 4.78 is 5.53. The molecule has 7 heteroatoms. The van der Waals surface area contributed by atoms with Crippen LogP contribution in [0.1, 0.15) is 41.6 Å². The van der Waals surface area contributed by atoms with Crippen molar-refractivity contribution in [2.75, 3.05) is 14.2 Å². The molecule has 4 N–H and O–H groups in total. The van der Waals surface area contributed by atoms with Gasteiger partial charge in [-0.15, -0.1) is 0 Å². The Hall–Kier alpha value is -3.06. The second kappa shape index (κ2) is 9.63. The molecule has 0 saturated heterocycles. The zero-order chi connectivity index (χ0) is 21.7. The number of hydrogen-bond donors (Lipinski definition) is 3. The maximum atomic E-state index is 11.3. The van der Waals surface area contributed by atoms with E-state index in [0.29, 0.717) is 18.2 Å². The van der Waals surface area contributed by atoms with Crippen LogP contribution in [0, 0.1) is 0 Å². The van der Waals surface area contributed by atoms with Crippen LogP contribution in [-0.4, -0.2) is 48.2 Å². The van der Waals surface area contributed by atoms with E-state index in [2.05, 4.69) is 11.4 Å². The van der Waals surface area contributed by atoms with E-state index in [1.807, 2.05) is 24.3 Å². The highest BCUT2D eigenvalue weighted by molar-refractivity contribution is 5.93. The van der Waals surface area contributed by atoms with Gasteiger partial charge < -0.3 is 25.8 Å². The van der Waals surface area contributed by atoms with Crippen LogP contribution in [0.3, 0.4) is 0 Å². The standard InChI is InChI=1S/C23H29N3O4/c1-26(23(28)29)20-10-8-19(9-11-20)25-14-18-13-17(7-12-21(18)30-2)15-3-5-16(6-4-15)22(24)27/h3-7,12-13,19-20,25H,8-11,14H2,1-2H3,(H2,24,27)(H,28,29). The van der Waals surface area contributed by atoms with Gasteiger partial charge >= 0.3 is 6.09 Å². The molecule has 0 heterocycles. The van der Waals surface area contributed by atoms with E-state index in [0.717, 1.165) is 48.1 Å². The number of hydrogen-bond acceptors (Lipinski definition) is 4. The van der Waals surface area contributed by atoms with Gasteiger partial charge in [0.05, 0.1) is 7.11 Å². The molecule has 2 amide bonds. The number of rotatable bonds is 7. The van der Waals surface area contributed by atoms with E-state index in [9.17, 15) is 9.59 Å². The van der Waals surface area contributed by atoms with Crippen LogP contribution < -0.4 is 15.8 Å². The first-order chi connectivity index (χ1) is 14.4. The third kappa shape index (κ3) is 5.10. The molecule has 0 spiro atoms. The lowest BCUT2D eigenvalue weighted by atomic mass is 9.90. The van der Waals surface area contributed by atoms with Crippen molar-refractivity contribution in [3.8, 4) is 16.9 Å². The fraction of sp³-hybridized carbons (Fsp3) is 0.391. The number of primary amides is 1. The summed E-state index contributed by atoms with van der Waals surface area (Å²) >= 11 is 0. The van der Waals surface area contributed by atoms with Gasteiger partial charge in [-0.2, -0.15) is 0 Å². The summed E-state index contributed by atoms with van der Waals surface area (Å²) in [6.07, 6.45) is 2.75. The largest absolute Gasteiger partial charge is 0.496 e. The topological polar surface area (TPSA) is 105 Å². The fourth-order valence-electron chi connectivity index (χ4n) is 4.00. The Morgan fingerprint density at radius 1 is 1.10 bits per heavy atom. The second-order valence-corrected chi connectivity index (χ2v) is 7.75. The van der Waals surface area contributed by atoms with Crippen molar-refractivity contribution >= 4 is 12.0 Å². The zero-order valence-electron chi connectivity index (χ0n) is 17.4. The molecule has 0 aliphatic heterocycles. The molecule has 1 saturated carbocycles. The lowest BCUT2D eigenvalue weighted by Crippen LogP contribution is -2.42. The predicted molar refractivity (Wildman–Crippen MR) is 116 cm³/mol. The molecular weight excluding hydrogens is 382 g/mol. The molecule has 0 radical (unpaired) electrons. The number of carbonyl (C=O) groups is 2. The number of nitrogens with one attached hydrogen (secondary N) is 1. The number of benzene rings is 2. The van der Waals surface area contributed by atoms with Crippen molar-refractivity contribution in [3.63, 3.8) is 0 Å². The fourth-order valence-corrected chi connectivity index (χ4v) is 4.00. The minimum absolute atomic E-state index is 0.0989. The van der Waals surface area contributed by atoms with Gasteiger partial charge in [-0.1, -0.05) is 18.2 Å². The number of ether oxygens (including phenoxy) is 1. The van der Waals surface area contributed by atoms with Gasteiger partial charge in [-0.05, 0) is 61.1 Å². The third-order valence-electron chi connectivity index (χ3n) is 5.91. The Labute approximate surface area is 176 Å². The summed E-state index contributed by atoms with van der Waals surface area (Å²) in [5, 5.41) is 12.7. The van der Waals surface area contributed by atoms with E-state index < -0.39 is 12.0 Å². The zero-order valence-corrected chi connectivity index (χ0v) is 17.4. The normalized spacial score (nSPS) is 18.6. The monoisotopic (exact) mass is 411 g/mol. The number of methoxy groups -OCH3 is 1. The van der Waals surface area contributed by atoms with Gasteiger partial charge in [0.1, 0.15) is 5.75 Å². The Kier molecular flexibility index (Phi) is 6.95. The Balaban J connectivity index is 1.65. The summed E-state index contributed by atoms with van der Waals surface area (Å²) in [6.45, 7) is 0.667. The summed E-state index contributed by atoms with van der Waals surface area (Å²) in [5.74, 6) is 0.379. The number of carboxylic acid groups (broad SMARTS) is 1. The van der Waals surface area contributed by atoms with Crippen molar-refractivity contribution < 1.29 is 19.4 Å². The van der Waals surface area contributed by atoms with Crippen molar-refractivity contribution in [2.45, 2.75) is 44.3 Å². The molecule has 0 atom stereocenters. The van der Waals surface area contributed by atoms with Crippen molar-refractivity contribution in [2.24, 2.45) is 5.73 Å². The maximum Gasteiger partial charge on any atom is 0.407 e. The molecule has 1 aliphatic rings. The van der Waals surface area contributed by atoms with Crippen LogP contribution in [-0.2, 0) is 6.54 Å². The van der Waals surface area contributed by atoms with Gasteiger partial charge in [0, 0.05) is 36.8 Å². The molecule has 1 fully saturated rings. The van der Waals surface area contributed by atoms with Crippen LogP contribution in [0.2, 0.25) is 0 Å². The van der Waals surface area contributed by atoms with Crippen LogP contribution >= 0.6 is 0 Å². The number of nitrogens with two attached hydrogens (primary N) is 1. The maximum absolute atomic E-state index is 11.3. The van der Waals surface area contributed by atoms with Crippen LogP contribution in [0.5, 0.6) is 5.75 Å². The summed E-state index contributed by atoms with van der Waals surface area (Å²) in [5.41, 5.74) is 8.90. The molecule has 160 valence electrons. The highest BCUT2D eigenvalue weighted by Crippen LogP contribution is 2.28. The van der Waals surface area contributed by atoms with Crippen LogP contribution in [0.25, 0.3) is 11.1 Å². The first-order valence-corrected chi connectivity index (χ1v) is 10.2. The lowest BCUT2D eigenvalue weighted by Gasteiger charge is -2.33. The van der Waals surface area contributed by atoms with Crippen molar-refractivity contribution in [1.82, 2.24) is 10.2 Å². The average molecular weight is 412 g/mol. The van der Waals surface area contributed by atoms with E-state index in [4.69, 9.17) is 15.6 Å². The quantitative estimate of drug-likeness (QED) is 0.647. The molecule has 0 bridgehead atoms. The SMILES string of the molecule is COc1ccc(-c2ccc(C(N)=O)cc2)cc1CNC1CCC(N(C)C(=O)O)CC1. The van der Waals surface area contributed by atoms with E-state index in [-0.39, 0.29) is 6.04 Å². The molecule has 2 aromatic carbocycles. The summed E-state index contributed by atoms with van der Waals surface area (Å²) in [6, 6.07) is 13.7. The lowest BCUT2D eigenvalue weighted by molar-refractivity contribution is 0.1000. The Morgan fingerprint density at radius 2 is 1.73 bits per heavy atom. The third-order valence-corrected chi connectivity index (χ3v) is 5.91. The van der Waals surface area contributed by atoms with Crippen molar-refractivity contribution in [1.29, 1.82) is 0 Å². The van der Waals surface area contributed by atoms with Gasteiger partial charge in [-0.3, -0.25) is 4.79 Å². The average Bonchev–Trinajstić information content (AvgIpc) is 2.77. The van der Waals surface area contributed by atoms with E-state index in [1.54, 1.807) is 26.3 Å². The van der Waals surface area contributed by atoms with Crippen molar-refractivity contribution in [3.05, 3.63) is 53.6 Å².